The molecule has 1 heterocycles. The molecule has 192 valence electrons. The fraction of sp³-hybridized carbons (Fsp3) is 0.455. The van der Waals surface area contributed by atoms with Gasteiger partial charge in [-0.05, 0) is 50.8 Å². The Labute approximate surface area is 204 Å². The number of carbonyl (C=O) groups is 2. The Morgan fingerprint density at radius 1 is 1.11 bits per heavy atom. The number of carbonyl (C=O) groups excluding carboxylic acids is 1. The summed E-state index contributed by atoms with van der Waals surface area (Å²) < 4.78 is 45.2. The minimum absolute atomic E-state index is 0.0661. The molecule has 1 saturated carbocycles. The maximum Gasteiger partial charge on any atom is 0.490 e. The van der Waals surface area contributed by atoms with E-state index in [1.165, 1.54) is 18.2 Å². The van der Waals surface area contributed by atoms with E-state index in [9.17, 15) is 22.4 Å². The van der Waals surface area contributed by atoms with E-state index in [1.807, 2.05) is 32.1 Å². The van der Waals surface area contributed by atoms with Crippen molar-refractivity contribution in [1.29, 1.82) is 0 Å². The van der Waals surface area contributed by atoms with Crippen molar-refractivity contribution in [2.75, 3.05) is 24.3 Å². The Hall–Kier alpha value is -3.15. The summed E-state index contributed by atoms with van der Waals surface area (Å²) in [6, 6.07) is 4.23. The van der Waals surface area contributed by atoms with Crippen molar-refractivity contribution in [3.63, 3.8) is 0 Å². The fourth-order valence-corrected chi connectivity index (χ4v) is 3.55. The Morgan fingerprint density at radius 2 is 1.69 bits per heavy atom. The summed E-state index contributed by atoms with van der Waals surface area (Å²) in [4.78, 5) is 32.0. The van der Waals surface area contributed by atoms with Gasteiger partial charge < -0.3 is 20.6 Å². The van der Waals surface area contributed by atoms with Gasteiger partial charge in [0.25, 0.3) is 5.91 Å². The fourth-order valence-electron chi connectivity index (χ4n) is 3.32. The first-order valence-corrected chi connectivity index (χ1v) is 11.0. The van der Waals surface area contributed by atoms with Crippen LogP contribution in [0.1, 0.15) is 41.6 Å². The van der Waals surface area contributed by atoms with Gasteiger partial charge in [-0.1, -0.05) is 11.6 Å². The van der Waals surface area contributed by atoms with Gasteiger partial charge in [0.05, 0.1) is 0 Å². The Kier molecular flexibility index (Phi) is 9.64. The largest absolute Gasteiger partial charge is 0.490 e. The Balaban J connectivity index is 0.000000540. The minimum atomic E-state index is -5.08. The van der Waals surface area contributed by atoms with Crippen LogP contribution >= 0.6 is 11.6 Å². The van der Waals surface area contributed by atoms with E-state index >= 15 is 0 Å². The monoisotopic (exact) mass is 519 g/mol. The van der Waals surface area contributed by atoms with E-state index in [0.29, 0.717) is 12.0 Å². The molecule has 1 aliphatic carbocycles. The average Bonchev–Trinajstić information content (AvgIpc) is 2.75. The van der Waals surface area contributed by atoms with Gasteiger partial charge >= 0.3 is 12.1 Å². The summed E-state index contributed by atoms with van der Waals surface area (Å²) in [5, 5.41) is 13.8. The molecule has 0 unspecified atom stereocenters. The molecule has 1 aromatic heterocycles. The highest BCUT2D eigenvalue weighted by Gasteiger charge is 2.38. The Bertz CT molecular complexity index is 1020. The van der Waals surface area contributed by atoms with Crippen LogP contribution in [0.3, 0.4) is 0 Å². The zero-order valence-electron chi connectivity index (χ0n) is 19.3. The third-order valence-corrected chi connectivity index (χ3v) is 5.35. The standard InChI is InChI=1S/C20H25ClFN5O.C2HF3O2/c1-12-11-23-20(27(2)3)26-18(12)24-16-4-6-17(7-5-16)25-19(28)13-8-14(21)10-15(22)9-13;3-2(4,5)1(6)7/h8-11,16-17H,4-7H2,1-3H3,(H,25,28)(H,23,24,26);(H,6,7). The van der Waals surface area contributed by atoms with Crippen LogP contribution in [-0.2, 0) is 4.79 Å². The van der Waals surface area contributed by atoms with Crippen molar-refractivity contribution >= 4 is 35.2 Å². The van der Waals surface area contributed by atoms with Gasteiger partial charge in [0.15, 0.2) is 0 Å². The first-order valence-electron chi connectivity index (χ1n) is 10.6. The molecule has 2 aromatic rings. The summed E-state index contributed by atoms with van der Waals surface area (Å²) in [6.07, 6.45) is 0.250. The van der Waals surface area contributed by atoms with Crippen LogP contribution in [0.15, 0.2) is 24.4 Å². The number of benzene rings is 1. The van der Waals surface area contributed by atoms with Gasteiger partial charge in [-0.3, -0.25) is 4.79 Å². The molecule has 0 aliphatic heterocycles. The number of nitrogens with one attached hydrogen (secondary N) is 2. The highest BCUT2D eigenvalue weighted by Crippen LogP contribution is 2.24. The zero-order valence-corrected chi connectivity index (χ0v) is 20.0. The number of hydrogen-bond acceptors (Lipinski definition) is 6. The maximum atomic E-state index is 13.4. The molecule has 35 heavy (non-hydrogen) atoms. The number of aryl methyl sites for hydroxylation is 1. The van der Waals surface area contributed by atoms with Crippen molar-refractivity contribution in [2.45, 2.75) is 50.9 Å². The molecule has 1 aromatic carbocycles. The van der Waals surface area contributed by atoms with Crippen molar-refractivity contribution in [3.8, 4) is 0 Å². The molecule has 1 aliphatic rings. The van der Waals surface area contributed by atoms with Crippen LogP contribution in [0.5, 0.6) is 0 Å². The van der Waals surface area contributed by atoms with E-state index in [2.05, 4.69) is 20.6 Å². The molecule has 0 bridgehead atoms. The van der Waals surface area contributed by atoms with Crippen LogP contribution in [0.4, 0.5) is 29.3 Å². The van der Waals surface area contributed by atoms with Crippen molar-refractivity contribution in [3.05, 3.63) is 46.4 Å². The van der Waals surface area contributed by atoms with Crippen LogP contribution in [-0.4, -0.2) is 59.3 Å². The second-order valence-corrected chi connectivity index (χ2v) is 8.66. The molecular weight excluding hydrogens is 494 g/mol. The predicted octanol–water partition coefficient (Wildman–Crippen LogP) is 4.43. The first kappa shape index (κ1) is 28.1. The molecule has 0 radical (unpaired) electrons. The van der Waals surface area contributed by atoms with Gasteiger partial charge in [0.2, 0.25) is 5.95 Å². The highest BCUT2D eigenvalue weighted by atomic mass is 35.5. The quantitative estimate of drug-likeness (QED) is 0.502. The number of halogens is 5. The molecule has 1 amide bonds. The molecular formula is C22H26ClF4N5O3. The number of nitrogens with zero attached hydrogens (tertiary/aromatic N) is 3. The number of aliphatic carboxylic acids is 1. The predicted molar refractivity (Wildman–Crippen MR) is 123 cm³/mol. The molecule has 3 N–H and O–H groups in total. The highest BCUT2D eigenvalue weighted by molar-refractivity contribution is 6.31. The number of aromatic nitrogens is 2. The van der Waals surface area contributed by atoms with Crippen LogP contribution < -0.4 is 15.5 Å². The van der Waals surface area contributed by atoms with Crippen LogP contribution in [0, 0.1) is 12.7 Å². The SMILES string of the molecule is Cc1cnc(N(C)C)nc1NC1CCC(NC(=O)c2cc(F)cc(Cl)c2)CC1.O=C(O)C(F)(F)F. The van der Waals surface area contributed by atoms with Crippen LogP contribution in [0.2, 0.25) is 5.02 Å². The number of amides is 1. The third kappa shape index (κ3) is 8.85. The van der Waals surface area contributed by atoms with E-state index < -0.39 is 18.0 Å². The summed E-state index contributed by atoms with van der Waals surface area (Å²) in [5.41, 5.74) is 1.25. The molecule has 8 nitrogen and oxygen atoms in total. The lowest BCUT2D eigenvalue weighted by Crippen LogP contribution is -2.40. The van der Waals surface area contributed by atoms with E-state index in [0.717, 1.165) is 37.1 Å². The lowest BCUT2D eigenvalue weighted by atomic mass is 9.91. The maximum absolute atomic E-state index is 13.4. The van der Waals surface area contributed by atoms with Crippen molar-refractivity contribution < 1.29 is 32.3 Å². The lowest BCUT2D eigenvalue weighted by Gasteiger charge is -2.30. The van der Waals surface area contributed by atoms with Gasteiger partial charge in [-0.2, -0.15) is 18.2 Å². The van der Waals surface area contributed by atoms with Gasteiger partial charge in [0, 0.05) is 48.5 Å². The van der Waals surface area contributed by atoms with E-state index in [4.69, 9.17) is 21.5 Å². The summed E-state index contributed by atoms with van der Waals surface area (Å²) in [5.74, 6) is -2.04. The number of anilines is 2. The lowest BCUT2D eigenvalue weighted by molar-refractivity contribution is -0.192. The molecule has 1 fully saturated rings. The number of carboxylic acid groups (broad SMARTS) is 1. The van der Waals surface area contributed by atoms with E-state index in [-0.39, 0.29) is 22.5 Å². The van der Waals surface area contributed by atoms with Crippen molar-refractivity contribution in [2.24, 2.45) is 0 Å². The molecule has 0 saturated heterocycles. The summed E-state index contributed by atoms with van der Waals surface area (Å²) in [7, 11) is 3.82. The van der Waals surface area contributed by atoms with Crippen molar-refractivity contribution in [1.82, 2.24) is 15.3 Å². The minimum Gasteiger partial charge on any atom is -0.475 e. The summed E-state index contributed by atoms with van der Waals surface area (Å²) in [6.45, 7) is 1.98. The number of hydrogen-bond donors (Lipinski definition) is 3. The Morgan fingerprint density at radius 3 is 2.20 bits per heavy atom. The van der Waals surface area contributed by atoms with Gasteiger partial charge in [0.1, 0.15) is 11.6 Å². The normalized spacial score (nSPS) is 17.6. The van der Waals surface area contributed by atoms with Gasteiger partial charge in [-0.15, -0.1) is 0 Å². The average molecular weight is 520 g/mol. The third-order valence-electron chi connectivity index (χ3n) is 5.13. The molecule has 0 spiro atoms. The summed E-state index contributed by atoms with van der Waals surface area (Å²) >= 11 is 5.83. The molecule has 0 atom stereocenters. The molecule has 3 rings (SSSR count). The smallest absolute Gasteiger partial charge is 0.475 e. The molecule has 13 heteroatoms. The number of rotatable bonds is 5. The van der Waals surface area contributed by atoms with Crippen LogP contribution in [0.25, 0.3) is 0 Å². The number of carboxylic acids is 1. The zero-order chi connectivity index (χ0) is 26.3. The number of alkyl halides is 3. The van der Waals surface area contributed by atoms with Gasteiger partial charge in [-0.25, -0.2) is 14.2 Å². The second-order valence-electron chi connectivity index (χ2n) is 8.22. The topological polar surface area (TPSA) is 107 Å². The van der Waals surface area contributed by atoms with E-state index in [1.54, 1.807) is 0 Å². The second kappa shape index (κ2) is 12.0. The first-order chi connectivity index (χ1) is 16.3.